The van der Waals surface area contributed by atoms with Gasteiger partial charge in [0.15, 0.2) is 5.78 Å². The fourth-order valence-corrected chi connectivity index (χ4v) is 3.01. The van der Waals surface area contributed by atoms with Gasteiger partial charge in [-0.3, -0.25) is 4.79 Å². The van der Waals surface area contributed by atoms with E-state index in [0.717, 1.165) is 37.8 Å². The lowest BCUT2D eigenvalue weighted by molar-refractivity contribution is 0.0886. The fraction of sp³-hybridized carbons (Fsp3) is 0.438. The molecule has 2 unspecified atom stereocenters. The predicted molar refractivity (Wildman–Crippen MR) is 80.2 cm³/mol. The second kappa shape index (κ2) is 6.18. The number of rotatable bonds is 3. The first-order chi connectivity index (χ1) is 10.3. The molecule has 2 N–H and O–H groups in total. The second-order valence-electron chi connectivity index (χ2n) is 5.64. The van der Waals surface area contributed by atoms with E-state index in [0.29, 0.717) is 5.69 Å². The van der Waals surface area contributed by atoms with Crippen LogP contribution in [0.2, 0.25) is 0 Å². The number of benzene rings is 1. The largest absolute Gasteiger partial charge is 0.327 e. The standard InChI is InChI=1S/C16H20N4O/c17-14-10-6-2-5-9-13(14)16(21)15-11-18-19-20(15)12-7-3-1-4-8-12/h1,3-4,7-8,11,13-14H,2,5-6,9-10,17H2. The smallest absolute Gasteiger partial charge is 0.187 e. The minimum atomic E-state index is -0.117. The van der Waals surface area contributed by atoms with Gasteiger partial charge in [-0.25, -0.2) is 4.68 Å². The third kappa shape index (κ3) is 2.88. The molecule has 0 amide bonds. The minimum Gasteiger partial charge on any atom is -0.327 e. The SMILES string of the molecule is NC1CCCCCC1C(=O)c1cnnn1-c1ccccc1. The zero-order valence-corrected chi connectivity index (χ0v) is 12.0. The van der Waals surface area contributed by atoms with Crippen LogP contribution in [0.15, 0.2) is 36.5 Å². The Morgan fingerprint density at radius 2 is 1.90 bits per heavy atom. The predicted octanol–water partition coefficient (Wildman–Crippen LogP) is 2.36. The Morgan fingerprint density at radius 3 is 2.71 bits per heavy atom. The van der Waals surface area contributed by atoms with E-state index in [2.05, 4.69) is 10.3 Å². The van der Waals surface area contributed by atoms with Gasteiger partial charge < -0.3 is 5.73 Å². The van der Waals surface area contributed by atoms with Gasteiger partial charge in [0.1, 0.15) is 5.69 Å². The number of hydrogen-bond donors (Lipinski definition) is 1. The Kier molecular flexibility index (Phi) is 4.10. The number of carbonyl (C=O) groups is 1. The van der Waals surface area contributed by atoms with Crippen LogP contribution in [0.4, 0.5) is 0 Å². The van der Waals surface area contributed by atoms with Crippen LogP contribution in [0, 0.1) is 5.92 Å². The van der Waals surface area contributed by atoms with Gasteiger partial charge in [0.05, 0.1) is 11.9 Å². The molecular weight excluding hydrogens is 264 g/mol. The van der Waals surface area contributed by atoms with Gasteiger partial charge in [-0.05, 0) is 25.0 Å². The Hall–Kier alpha value is -2.01. The number of carbonyl (C=O) groups excluding carboxylic acids is 1. The topological polar surface area (TPSA) is 73.8 Å². The summed E-state index contributed by atoms with van der Waals surface area (Å²) in [6.45, 7) is 0. The van der Waals surface area contributed by atoms with Gasteiger partial charge in [-0.15, -0.1) is 5.10 Å². The number of ketones is 1. The zero-order chi connectivity index (χ0) is 14.7. The molecule has 0 radical (unpaired) electrons. The summed E-state index contributed by atoms with van der Waals surface area (Å²) in [6.07, 6.45) is 6.67. The van der Waals surface area contributed by atoms with Crippen molar-refractivity contribution in [2.75, 3.05) is 0 Å². The highest BCUT2D eigenvalue weighted by Gasteiger charge is 2.30. The molecule has 3 rings (SSSR count). The number of nitrogens with two attached hydrogens (primary N) is 1. The van der Waals surface area contributed by atoms with Crippen molar-refractivity contribution in [1.82, 2.24) is 15.0 Å². The van der Waals surface area contributed by atoms with Crippen LogP contribution in [0.5, 0.6) is 0 Å². The lowest BCUT2D eigenvalue weighted by Crippen LogP contribution is -2.35. The third-order valence-electron chi connectivity index (χ3n) is 4.21. The van der Waals surface area contributed by atoms with Crippen molar-refractivity contribution in [3.05, 3.63) is 42.2 Å². The number of Topliss-reactive ketones (excluding diaryl/α,β-unsaturated/α-hetero) is 1. The van der Waals surface area contributed by atoms with Crippen molar-refractivity contribution in [1.29, 1.82) is 0 Å². The summed E-state index contributed by atoms with van der Waals surface area (Å²) in [5.74, 6) is -0.0493. The highest BCUT2D eigenvalue weighted by molar-refractivity contribution is 5.97. The summed E-state index contributed by atoms with van der Waals surface area (Å²) in [5, 5.41) is 7.97. The molecule has 0 bridgehead atoms. The summed E-state index contributed by atoms with van der Waals surface area (Å²) in [4.78, 5) is 12.8. The molecule has 1 saturated carbocycles. The molecule has 1 fully saturated rings. The van der Waals surface area contributed by atoms with Gasteiger partial charge in [-0.1, -0.05) is 42.7 Å². The normalized spacial score (nSPS) is 22.7. The number of para-hydroxylation sites is 1. The van der Waals surface area contributed by atoms with Crippen molar-refractivity contribution in [3.8, 4) is 5.69 Å². The van der Waals surface area contributed by atoms with E-state index in [-0.39, 0.29) is 17.7 Å². The van der Waals surface area contributed by atoms with Crippen molar-refractivity contribution in [3.63, 3.8) is 0 Å². The fourth-order valence-electron chi connectivity index (χ4n) is 3.01. The van der Waals surface area contributed by atoms with Gasteiger partial charge in [0.25, 0.3) is 0 Å². The molecule has 2 aromatic rings. The molecule has 110 valence electrons. The van der Waals surface area contributed by atoms with E-state index in [4.69, 9.17) is 5.73 Å². The first-order valence-corrected chi connectivity index (χ1v) is 7.53. The molecule has 1 aliphatic rings. The van der Waals surface area contributed by atoms with Crippen LogP contribution in [-0.4, -0.2) is 26.8 Å². The van der Waals surface area contributed by atoms with Gasteiger partial charge >= 0.3 is 0 Å². The molecular formula is C16H20N4O. The van der Waals surface area contributed by atoms with E-state index >= 15 is 0 Å². The van der Waals surface area contributed by atoms with E-state index < -0.39 is 0 Å². The van der Waals surface area contributed by atoms with Crippen molar-refractivity contribution < 1.29 is 4.79 Å². The zero-order valence-electron chi connectivity index (χ0n) is 12.0. The first kappa shape index (κ1) is 13.9. The van der Waals surface area contributed by atoms with Crippen LogP contribution in [0.25, 0.3) is 5.69 Å². The molecule has 1 aromatic heterocycles. The van der Waals surface area contributed by atoms with Crippen molar-refractivity contribution in [2.24, 2.45) is 11.7 Å². The van der Waals surface area contributed by atoms with Gasteiger partial charge in [-0.2, -0.15) is 0 Å². The molecule has 0 aliphatic heterocycles. The van der Waals surface area contributed by atoms with Crippen molar-refractivity contribution in [2.45, 2.75) is 38.1 Å². The Bertz CT molecular complexity index is 608. The number of aromatic nitrogens is 3. The number of nitrogens with zero attached hydrogens (tertiary/aromatic N) is 3. The first-order valence-electron chi connectivity index (χ1n) is 7.53. The lowest BCUT2D eigenvalue weighted by Gasteiger charge is -2.19. The van der Waals surface area contributed by atoms with Gasteiger partial charge in [0.2, 0.25) is 0 Å². The number of hydrogen-bond acceptors (Lipinski definition) is 4. The van der Waals surface area contributed by atoms with E-state index in [1.807, 2.05) is 30.3 Å². The molecule has 5 nitrogen and oxygen atoms in total. The molecule has 5 heteroatoms. The molecule has 0 spiro atoms. The summed E-state index contributed by atoms with van der Waals surface area (Å²) >= 11 is 0. The highest BCUT2D eigenvalue weighted by atomic mass is 16.1. The molecule has 1 aliphatic carbocycles. The maximum atomic E-state index is 12.8. The average molecular weight is 284 g/mol. The average Bonchev–Trinajstić information content (AvgIpc) is 2.91. The van der Waals surface area contributed by atoms with Crippen molar-refractivity contribution >= 4 is 5.78 Å². The van der Waals surface area contributed by atoms with Gasteiger partial charge in [0, 0.05) is 12.0 Å². The Morgan fingerprint density at radius 1 is 1.14 bits per heavy atom. The maximum Gasteiger partial charge on any atom is 0.187 e. The molecule has 1 aromatic carbocycles. The van der Waals surface area contributed by atoms with E-state index in [9.17, 15) is 4.79 Å². The summed E-state index contributed by atoms with van der Waals surface area (Å²) in [6, 6.07) is 9.55. The molecule has 2 atom stereocenters. The van der Waals surface area contributed by atoms with E-state index in [1.54, 1.807) is 10.9 Å². The molecule has 1 heterocycles. The minimum absolute atomic E-state index is 0.0564. The maximum absolute atomic E-state index is 12.8. The second-order valence-corrected chi connectivity index (χ2v) is 5.64. The Labute approximate surface area is 124 Å². The third-order valence-corrected chi connectivity index (χ3v) is 4.21. The summed E-state index contributed by atoms with van der Waals surface area (Å²) in [5.41, 5.74) is 7.58. The van der Waals surface area contributed by atoms with Crippen LogP contribution < -0.4 is 5.73 Å². The monoisotopic (exact) mass is 284 g/mol. The summed E-state index contributed by atoms with van der Waals surface area (Å²) < 4.78 is 1.61. The molecule has 21 heavy (non-hydrogen) atoms. The molecule has 0 saturated heterocycles. The van der Waals surface area contributed by atoms with Crippen LogP contribution >= 0.6 is 0 Å². The van der Waals surface area contributed by atoms with Crippen LogP contribution in [0.3, 0.4) is 0 Å². The highest BCUT2D eigenvalue weighted by Crippen LogP contribution is 2.26. The van der Waals surface area contributed by atoms with E-state index in [1.165, 1.54) is 0 Å². The van der Waals surface area contributed by atoms with Crippen LogP contribution in [0.1, 0.15) is 42.6 Å². The van der Waals surface area contributed by atoms with Crippen LogP contribution in [-0.2, 0) is 0 Å². The quantitative estimate of drug-likeness (QED) is 0.693. The lowest BCUT2D eigenvalue weighted by atomic mass is 9.90. The summed E-state index contributed by atoms with van der Waals surface area (Å²) in [7, 11) is 0. The Balaban J connectivity index is 1.90.